The number of rotatable bonds is 11. The molecule has 8 nitrogen and oxygen atoms in total. The molecule has 0 aliphatic rings. The third-order valence-electron chi connectivity index (χ3n) is 6.25. The topological polar surface area (TPSA) is 96.0 Å². The van der Waals surface area contributed by atoms with Gasteiger partial charge in [-0.25, -0.2) is 8.42 Å². The molecule has 3 aromatic carbocycles. The number of carbonyl (C=O) groups excluding carboxylic acids is 2. The van der Waals surface area contributed by atoms with Crippen LogP contribution in [0.2, 0.25) is 0 Å². The first-order valence-corrected chi connectivity index (χ1v) is 14.3. The van der Waals surface area contributed by atoms with Crippen LogP contribution in [-0.2, 0) is 26.2 Å². The van der Waals surface area contributed by atoms with E-state index in [1.165, 1.54) is 24.1 Å². The molecule has 0 aromatic heterocycles. The minimum atomic E-state index is -4.17. The van der Waals surface area contributed by atoms with Crippen molar-refractivity contribution in [3.05, 3.63) is 89.5 Å². The number of benzene rings is 3. The van der Waals surface area contributed by atoms with Gasteiger partial charge >= 0.3 is 0 Å². The summed E-state index contributed by atoms with van der Waals surface area (Å²) >= 11 is 0. The first-order chi connectivity index (χ1) is 18.4. The van der Waals surface area contributed by atoms with Gasteiger partial charge in [0.25, 0.3) is 10.0 Å². The highest BCUT2D eigenvalue weighted by Crippen LogP contribution is 2.33. The van der Waals surface area contributed by atoms with Gasteiger partial charge in [0.15, 0.2) is 0 Å². The van der Waals surface area contributed by atoms with Crippen molar-refractivity contribution in [1.29, 1.82) is 0 Å². The molecular weight excluding hydrogens is 514 g/mol. The highest BCUT2D eigenvalue weighted by Gasteiger charge is 2.34. The Morgan fingerprint density at radius 3 is 2.18 bits per heavy atom. The zero-order chi connectivity index (χ0) is 28.7. The quantitative estimate of drug-likeness (QED) is 0.380. The molecule has 39 heavy (non-hydrogen) atoms. The second-order valence-electron chi connectivity index (χ2n) is 9.85. The lowest BCUT2D eigenvalue weighted by atomic mass is 10.1. The van der Waals surface area contributed by atoms with Crippen molar-refractivity contribution in [2.24, 2.45) is 0 Å². The van der Waals surface area contributed by atoms with E-state index in [9.17, 15) is 18.0 Å². The van der Waals surface area contributed by atoms with Gasteiger partial charge in [0, 0.05) is 12.6 Å². The van der Waals surface area contributed by atoms with Crippen LogP contribution in [0.5, 0.6) is 5.75 Å². The Morgan fingerprint density at radius 1 is 0.897 bits per heavy atom. The van der Waals surface area contributed by atoms with Crippen LogP contribution in [0.1, 0.15) is 37.5 Å². The zero-order valence-electron chi connectivity index (χ0n) is 23.3. The molecule has 1 N–H and O–H groups in total. The van der Waals surface area contributed by atoms with E-state index in [1.807, 2.05) is 52.0 Å². The van der Waals surface area contributed by atoms with E-state index in [-0.39, 0.29) is 29.1 Å². The van der Waals surface area contributed by atoms with E-state index in [4.69, 9.17) is 4.74 Å². The molecule has 0 aliphatic heterocycles. The molecule has 0 unspecified atom stereocenters. The van der Waals surface area contributed by atoms with E-state index >= 15 is 0 Å². The Bertz CT molecular complexity index is 1410. The minimum absolute atomic E-state index is 0.0391. The number of nitrogens with one attached hydrogen (secondary N) is 1. The predicted octanol–water partition coefficient (Wildman–Crippen LogP) is 4.45. The van der Waals surface area contributed by atoms with E-state index in [0.29, 0.717) is 5.75 Å². The van der Waals surface area contributed by atoms with Gasteiger partial charge in [0.05, 0.1) is 17.7 Å². The molecule has 0 radical (unpaired) electrons. The highest BCUT2D eigenvalue weighted by atomic mass is 32.2. The number of methoxy groups -OCH3 is 1. The Labute approximate surface area is 231 Å². The van der Waals surface area contributed by atoms with Gasteiger partial charge < -0.3 is 15.0 Å². The van der Waals surface area contributed by atoms with Crippen molar-refractivity contribution in [1.82, 2.24) is 10.2 Å². The average molecular weight is 552 g/mol. The summed E-state index contributed by atoms with van der Waals surface area (Å²) in [6.07, 6.45) is 0. The second-order valence-corrected chi connectivity index (χ2v) is 11.7. The smallest absolute Gasteiger partial charge is 0.264 e. The van der Waals surface area contributed by atoms with Gasteiger partial charge in [-0.15, -0.1) is 0 Å². The maximum atomic E-state index is 14.0. The second kappa shape index (κ2) is 12.8. The number of hydrogen-bond acceptors (Lipinski definition) is 5. The number of ether oxygens (including phenoxy) is 1. The third-order valence-corrected chi connectivity index (χ3v) is 8.02. The number of carbonyl (C=O) groups is 2. The zero-order valence-corrected chi connectivity index (χ0v) is 24.2. The number of sulfonamides is 1. The highest BCUT2D eigenvalue weighted by molar-refractivity contribution is 7.92. The van der Waals surface area contributed by atoms with Crippen LogP contribution in [-0.4, -0.2) is 50.9 Å². The van der Waals surface area contributed by atoms with E-state index < -0.39 is 28.5 Å². The molecule has 1 atom stereocenters. The Morgan fingerprint density at radius 2 is 1.56 bits per heavy atom. The van der Waals surface area contributed by atoms with Gasteiger partial charge in [-0.1, -0.05) is 54.1 Å². The molecule has 208 valence electrons. The number of nitrogens with zero attached hydrogens (tertiary/aromatic N) is 2. The molecule has 2 amide bonds. The molecule has 0 saturated carbocycles. The average Bonchev–Trinajstić information content (AvgIpc) is 2.90. The normalized spacial score (nSPS) is 12.1. The lowest BCUT2D eigenvalue weighted by Gasteiger charge is -2.32. The van der Waals surface area contributed by atoms with Crippen molar-refractivity contribution in [2.75, 3.05) is 18.0 Å². The lowest BCUT2D eigenvalue weighted by Crippen LogP contribution is -2.52. The van der Waals surface area contributed by atoms with Crippen molar-refractivity contribution >= 4 is 27.5 Å². The summed E-state index contributed by atoms with van der Waals surface area (Å²) in [5, 5.41) is 2.86. The summed E-state index contributed by atoms with van der Waals surface area (Å²) in [5.74, 6) is -0.536. The minimum Gasteiger partial charge on any atom is -0.495 e. The van der Waals surface area contributed by atoms with Gasteiger partial charge in [0.1, 0.15) is 18.3 Å². The molecule has 3 rings (SSSR count). The van der Waals surface area contributed by atoms with Crippen molar-refractivity contribution < 1.29 is 22.7 Å². The van der Waals surface area contributed by atoms with Crippen LogP contribution in [0.15, 0.2) is 77.7 Å². The maximum absolute atomic E-state index is 14.0. The Kier molecular flexibility index (Phi) is 9.75. The summed E-state index contributed by atoms with van der Waals surface area (Å²) in [5.41, 5.74) is 2.88. The summed E-state index contributed by atoms with van der Waals surface area (Å²) < 4.78 is 34.4. The van der Waals surface area contributed by atoms with Crippen molar-refractivity contribution in [3.8, 4) is 5.75 Å². The lowest BCUT2D eigenvalue weighted by molar-refractivity contribution is -0.139. The van der Waals surface area contributed by atoms with Crippen LogP contribution in [0.4, 0.5) is 5.69 Å². The molecule has 0 spiro atoms. The third kappa shape index (κ3) is 7.38. The summed E-state index contributed by atoms with van der Waals surface area (Å²) in [7, 11) is -2.72. The first-order valence-electron chi connectivity index (χ1n) is 12.8. The number of anilines is 1. The fraction of sp³-hybridized carbons (Fsp3) is 0.333. The largest absolute Gasteiger partial charge is 0.495 e. The van der Waals surface area contributed by atoms with Gasteiger partial charge in [-0.3, -0.25) is 13.9 Å². The van der Waals surface area contributed by atoms with Gasteiger partial charge in [-0.05, 0) is 70.0 Å². The number of aryl methyl sites for hydroxylation is 2. The predicted molar refractivity (Wildman–Crippen MR) is 153 cm³/mol. The molecule has 0 heterocycles. The fourth-order valence-electron chi connectivity index (χ4n) is 4.22. The van der Waals surface area contributed by atoms with Crippen LogP contribution < -0.4 is 14.4 Å². The molecule has 0 aliphatic carbocycles. The fourth-order valence-corrected chi connectivity index (χ4v) is 5.66. The molecule has 3 aromatic rings. The molecule has 0 saturated heterocycles. The Balaban J connectivity index is 2.09. The van der Waals surface area contributed by atoms with E-state index in [0.717, 1.165) is 21.0 Å². The van der Waals surface area contributed by atoms with Crippen LogP contribution in [0.3, 0.4) is 0 Å². The van der Waals surface area contributed by atoms with Crippen molar-refractivity contribution in [2.45, 2.75) is 58.1 Å². The summed E-state index contributed by atoms with van der Waals surface area (Å²) in [4.78, 5) is 28.5. The molecular formula is C30H37N3O5S. The molecule has 0 bridgehead atoms. The standard InChI is InChI=1S/C30H37N3O5S/c1-21(2)31-30(35)24(5)32(19-25-12-10-11-22(3)17-25)29(34)20-33(27-18-23(4)15-16-28(27)38-6)39(36,37)26-13-8-7-9-14-26/h7-18,21,24H,19-20H2,1-6H3,(H,31,35)/t24-/m1/s1. The Hall–Kier alpha value is -3.85. The first kappa shape index (κ1) is 29.7. The SMILES string of the molecule is COc1ccc(C)cc1N(CC(=O)N(Cc1cccc(C)c1)[C@H](C)C(=O)NC(C)C)S(=O)(=O)c1ccccc1. The van der Waals surface area contributed by atoms with Gasteiger partial charge in [-0.2, -0.15) is 0 Å². The van der Waals surface area contributed by atoms with Crippen LogP contribution in [0, 0.1) is 13.8 Å². The van der Waals surface area contributed by atoms with Crippen LogP contribution in [0.25, 0.3) is 0 Å². The van der Waals surface area contributed by atoms with E-state index in [1.54, 1.807) is 43.3 Å². The monoisotopic (exact) mass is 551 g/mol. The molecule has 0 fully saturated rings. The van der Waals surface area contributed by atoms with Crippen molar-refractivity contribution in [3.63, 3.8) is 0 Å². The van der Waals surface area contributed by atoms with Crippen LogP contribution >= 0.6 is 0 Å². The number of hydrogen-bond donors (Lipinski definition) is 1. The van der Waals surface area contributed by atoms with Gasteiger partial charge in [0.2, 0.25) is 11.8 Å². The van der Waals surface area contributed by atoms with E-state index in [2.05, 4.69) is 5.32 Å². The summed E-state index contributed by atoms with van der Waals surface area (Å²) in [6.45, 7) is 8.72. The summed E-state index contributed by atoms with van der Waals surface area (Å²) in [6, 6.07) is 19.8. The maximum Gasteiger partial charge on any atom is 0.264 e. The number of amides is 2. The molecule has 9 heteroatoms.